The summed E-state index contributed by atoms with van der Waals surface area (Å²) in [4.78, 5) is 6.45. The molecule has 5 heteroatoms. The molecule has 1 atom stereocenters. The lowest BCUT2D eigenvalue weighted by Crippen LogP contribution is -2.32. The van der Waals surface area contributed by atoms with Gasteiger partial charge in [-0.3, -0.25) is 4.90 Å². The van der Waals surface area contributed by atoms with Gasteiger partial charge in [0.2, 0.25) is 0 Å². The second kappa shape index (κ2) is 6.40. The highest BCUT2D eigenvalue weighted by atomic mass is 35.5. The fraction of sp³-hybridized carbons (Fsp3) is 0.545. The molecule has 16 heavy (non-hydrogen) atoms. The third-order valence-electron chi connectivity index (χ3n) is 2.88. The molecule has 2 rings (SSSR count). The number of pyridine rings is 1. The van der Waals surface area contributed by atoms with Crippen molar-refractivity contribution in [3.05, 3.63) is 29.0 Å². The lowest BCUT2D eigenvalue weighted by atomic mass is 10.2. The van der Waals surface area contributed by atoms with E-state index >= 15 is 0 Å². The highest BCUT2D eigenvalue weighted by molar-refractivity contribution is 6.29. The maximum absolute atomic E-state index is 5.74. The predicted octanol–water partition coefficient (Wildman–Crippen LogP) is 1.95. The Kier molecular flexibility index (Phi) is 5.49. The molecule has 1 saturated heterocycles. The van der Waals surface area contributed by atoms with E-state index < -0.39 is 0 Å². The van der Waals surface area contributed by atoms with E-state index in [-0.39, 0.29) is 12.4 Å². The van der Waals surface area contributed by atoms with Crippen LogP contribution in [0.5, 0.6) is 0 Å². The molecule has 0 radical (unpaired) electrons. The number of nitrogens with one attached hydrogen (secondary N) is 1. The predicted molar refractivity (Wildman–Crippen MR) is 69.2 cm³/mol. The van der Waals surface area contributed by atoms with E-state index in [1.807, 2.05) is 18.3 Å². The second-order valence-corrected chi connectivity index (χ2v) is 4.44. The molecular formula is C11H17Cl2N3. The van der Waals surface area contributed by atoms with Gasteiger partial charge in [0.05, 0.1) is 0 Å². The summed E-state index contributed by atoms with van der Waals surface area (Å²) in [7, 11) is 2.16. The van der Waals surface area contributed by atoms with Gasteiger partial charge in [0.1, 0.15) is 5.15 Å². The van der Waals surface area contributed by atoms with Crippen LogP contribution in [-0.2, 0) is 6.54 Å². The normalized spacial score (nSPS) is 19.8. The van der Waals surface area contributed by atoms with Crippen LogP contribution in [0.2, 0.25) is 5.15 Å². The summed E-state index contributed by atoms with van der Waals surface area (Å²) in [5.41, 5.74) is 1.22. The van der Waals surface area contributed by atoms with E-state index in [1.54, 1.807) is 0 Å². The first kappa shape index (κ1) is 13.7. The molecule has 0 aliphatic carbocycles. The maximum atomic E-state index is 5.74. The van der Waals surface area contributed by atoms with Gasteiger partial charge in [-0.25, -0.2) is 4.98 Å². The Morgan fingerprint density at radius 1 is 1.56 bits per heavy atom. The summed E-state index contributed by atoms with van der Waals surface area (Å²) in [6, 6.07) is 4.53. The Labute approximate surface area is 108 Å². The fourth-order valence-electron chi connectivity index (χ4n) is 1.93. The van der Waals surface area contributed by atoms with Gasteiger partial charge in [0.15, 0.2) is 0 Å². The molecule has 0 unspecified atom stereocenters. The number of aromatic nitrogens is 1. The quantitative estimate of drug-likeness (QED) is 0.844. The molecule has 1 aromatic heterocycles. The van der Waals surface area contributed by atoms with Crippen molar-refractivity contribution in [1.82, 2.24) is 15.2 Å². The molecule has 1 aliphatic rings. The summed E-state index contributed by atoms with van der Waals surface area (Å²) in [6.07, 6.45) is 3.08. The first-order valence-corrected chi connectivity index (χ1v) is 5.65. The van der Waals surface area contributed by atoms with Crippen LogP contribution in [-0.4, -0.2) is 36.1 Å². The number of hydrogen-bond acceptors (Lipinski definition) is 3. The molecule has 0 saturated carbocycles. The molecule has 1 N–H and O–H groups in total. The van der Waals surface area contributed by atoms with Gasteiger partial charge in [-0.15, -0.1) is 12.4 Å². The summed E-state index contributed by atoms with van der Waals surface area (Å²) in [6.45, 7) is 3.17. The maximum Gasteiger partial charge on any atom is 0.129 e. The smallest absolute Gasteiger partial charge is 0.129 e. The number of rotatable bonds is 3. The van der Waals surface area contributed by atoms with Gasteiger partial charge < -0.3 is 5.32 Å². The van der Waals surface area contributed by atoms with Crippen LogP contribution in [0.25, 0.3) is 0 Å². The van der Waals surface area contributed by atoms with Crippen molar-refractivity contribution in [2.45, 2.75) is 19.0 Å². The zero-order chi connectivity index (χ0) is 10.7. The zero-order valence-corrected chi connectivity index (χ0v) is 10.9. The van der Waals surface area contributed by atoms with Crippen molar-refractivity contribution >= 4 is 24.0 Å². The molecule has 2 heterocycles. The topological polar surface area (TPSA) is 28.2 Å². The van der Waals surface area contributed by atoms with Crippen LogP contribution >= 0.6 is 24.0 Å². The van der Waals surface area contributed by atoms with Gasteiger partial charge in [-0.1, -0.05) is 17.7 Å². The molecular weight excluding hydrogens is 245 g/mol. The van der Waals surface area contributed by atoms with Gasteiger partial charge in [0.25, 0.3) is 0 Å². The first-order valence-electron chi connectivity index (χ1n) is 5.27. The lowest BCUT2D eigenvalue weighted by Gasteiger charge is -2.23. The number of likely N-dealkylation sites (N-methyl/N-ethyl adjacent to an activating group) is 1. The van der Waals surface area contributed by atoms with Gasteiger partial charge in [-0.2, -0.15) is 0 Å². The van der Waals surface area contributed by atoms with Gasteiger partial charge >= 0.3 is 0 Å². The van der Waals surface area contributed by atoms with Crippen LogP contribution in [0.15, 0.2) is 18.3 Å². The minimum Gasteiger partial charge on any atom is -0.315 e. The molecule has 0 aromatic carbocycles. The summed E-state index contributed by atoms with van der Waals surface area (Å²) < 4.78 is 0. The van der Waals surface area contributed by atoms with Crippen molar-refractivity contribution in [2.75, 3.05) is 20.1 Å². The van der Waals surface area contributed by atoms with E-state index in [0.29, 0.717) is 11.2 Å². The largest absolute Gasteiger partial charge is 0.315 e. The minimum atomic E-state index is 0. The first-order chi connectivity index (χ1) is 7.25. The Hall–Kier alpha value is -0.350. The van der Waals surface area contributed by atoms with Gasteiger partial charge in [0, 0.05) is 25.3 Å². The minimum absolute atomic E-state index is 0. The summed E-state index contributed by atoms with van der Waals surface area (Å²) in [5, 5.41) is 3.93. The van der Waals surface area contributed by atoms with E-state index in [4.69, 9.17) is 11.6 Å². The molecule has 3 nitrogen and oxygen atoms in total. The van der Waals surface area contributed by atoms with E-state index in [0.717, 1.165) is 19.6 Å². The van der Waals surface area contributed by atoms with Crippen LogP contribution in [0.3, 0.4) is 0 Å². The molecule has 90 valence electrons. The van der Waals surface area contributed by atoms with Crippen LogP contribution in [0.4, 0.5) is 0 Å². The van der Waals surface area contributed by atoms with E-state index in [1.165, 1.54) is 12.0 Å². The third-order valence-corrected chi connectivity index (χ3v) is 3.10. The standard InChI is InChI=1S/C11H16ClN3.ClH/c1-15(10-4-5-13-7-10)8-9-2-3-11(12)14-6-9;/h2-3,6,10,13H,4-5,7-8H2,1H3;1H/t10-;/m0./s1. The monoisotopic (exact) mass is 261 g/mol. The Morgan fingerprint density at radius 2 is 2.38 bits per heavy atom. The highest BCUT2D eigenvalue weighted by Crippen LogP contribution is 2.12. The fourth-order valence-corrected chi connectivity index (χ4v) is 2.04. The molecule has 1 aromatic rings. The van der Waals surface area contributed by atoms with Crippen molar-refractivity contribution in [3.63, 3.8) is 0 Å². The van der Waals surface area contributed by atoms with Gasteiger partial charge in [-0.05, 0) is 31.6 Å². The average Bonchev–Trinajstić information content (AvgIpc) is 2.74. The molecule has 0 spiro atoms. The van der Waals surface area contributed by atoms with Crippen molar-refractivity contribution in [2.24, 2.45) is 0 Å². The van der Waals surface area contributed by atoms with E-state index in [9.17, 15) is 0 Å². The Balaban J connectivity index is 0.00000128. The summed E-state index contributed by atoms with van der Waals surface area (Å²) >= 11 is 5.74. The average molecular weight is 262 g/mol. The summed E-state index contributed by atoms with van der Waals surface area (Å²) in [5.74, 6) is 0. The number of halogens is 2. The number of nitrogens with zero attached hydrogens (tertiary/aromatic N) is 2. The Morgan fingerprint density at radius 3 is 2.94 bits per heavy atom. The van der Waals surface area contributed by atoms with Crippen LogP contribution < -0.4 is 5.32 Å². The van der Waals surface area contributed by atoms with E-state index in [2.05, 4.69) is 22.2 Å². The molecule has 0 amide bonds. The zero-order valence-electron chi connectivity index (χ0n) is 9.32. The van der Waals surface area contributed by atoms with Crippen LogP contribution in [0.1, 0.15) is 12.0 Å². The van der Waals surface area contributed by atoms with Crippen LogP contribution in [0, 0.1) is 0 Å². The van der Waals surface area contributed by atoms with Crippen molar-refractivity contribution in [3.8, 4) is 0 Å². The third kappa shape index (κ3) is 3.59. The second-order valence-electron chi connectivity index (χ2n) is 4.05. The Bertz CT molecular complexity index is 310. The molecule has 0 bridgehead atoms. The highest BCUT2D eigenvalue weighted by Gasteiger charge is 2.18. The number of hydrogen-bond donors (Lipinski definition) is 1. The lowest BCUT2D eigenvalue weighted by molar-refractivity contribution is 0.248. The molecule has 1 aliphatic heterocycles. The molecule has 1 fully saturated rings. The van der Waals surface area contributed by atoms with Crippen molar-refractivity contribution in [1.29, 1.82) is 0 Å². The van der Waals surface area contributed by atoms with Crippen molar-refractivity contribution < 1.29 is 0 Å². The SMILES string of the molecule is CN(Cc1ccc(Cl)nc1)[C@H]1CCNC1.Cl.